The highest BCUT2D eigenvalue weighted by atomic mass is 16.6. The Bertz CT molecular complexity index is 1420. The zero-order valence-electron chi connectivity index (χ0n) is 25.4. The molecule has 0 spiro atoms. The number of benzene rings is 2. The number of oxazole rings is 1. The number of amides is 2. The Morgan fingerprint density at radius 3 is 2.33 bits per heavy atom. The summed E-state index contributed by atoms with van der Waals surface area (Å²) < 4.78 is 22.9. The van der Waals surface area contributed by atoms with E-state index < -0.39 is 41.1 Å². The van der Waals surface area contributed by atoms with Crippen LogP contribution in [0.2, 0.25) is 0 Å². The molecule has 1 aromatic heterocycles. The van der Waals surface area contributed by atoms with Crippen molar-refractivity contribution in [1.82, 2.24) is 9.88 Å². The molecule has 0 saturated carbocycles. The van der Waals surface area contributed by atoms with Gasteiger partial charge in [0.1, 0.15) is 28.8 Å². The summed E-state index contributed by atoms with van der Waals surface area (Å²) in [6, 6.07) is 16.2. The number of esters is 1. The van der Waals surface area contributed by atoms with Crippen molar-refractivity contribution >= 4 is 18.0 Å². The molecule has 0 unspecified atom stereocenters. The molecule has 0 radical (unpaired) electrons. The van der Waals surface area contributed by atoms with Crippen LogP contribution in [0.3, 0.4) is 0 Å². The summed E-state index contributed by atoms with van der Waals surface area (Å²) in [5.74, 6) is 0.299. The lowest BCUT2D eigenvalue weighted by Gasteiger charge is -2.28. The van der Waals surface area contributed by atoms with Crippen LogP contribution in [-0.2, 0) is 31.9 Å². The van der Waals surface area contributed by atoms with E-state index in [2.05, 4.69) is 4.98 Å². The first kappa shape index (κ1) is 30.8. The molecule has 9 heteroatoms. The fourth-order valence-corrected chi connectivity index (χ4v) is 4.77. The third-order valence-corrected chi connectivity index (χ3v) is 6.58. The van der Waals surface area contributed by atoms with Crippen molar-refractivity contribution in [2.45, 2.75) is 85.0 Å². The summed E-state index contributed by atoms with van der Waals surface area (Å²) >= 11 is 0. The van der Waals surface area contributed by atoms with Gasteiger partial charge in [0.15, 0.2) is 0 Å². The van der Waals surface area contributed by atoms with Gasteiger partial charge in [-0.1, -0.05) is 30.3 Å². The van der Waals surface area contributed by atoms with Crippen LogP contribution in [0.5, 0.6) is 5.75 Å². The van der Waals surface area contributed by atoms with E-state index >= 15 is 0 Å². The fraction of sp³-hybridized carbons (Fsp3) is 0.455. The summed E-state index contributed by atoms with van der Waals surface area (Å²) in [6.45, 7) is 12.6. The van der Waals surface area contributed by atoms with Crippen LogP contribution in [-0.4, -0.2) is 51.7 Å². The first-order chi connectivity index (χ1) is 19.7. The lowest BCUT2D eigenvalue weighted by Crippen LogP contribution is -2.47. The van der Waals surface area contributed by atoms with Crippen molar-refractivity contribution in [3.8, 4) is 17.2 Å². The SMILES string of the molecule is Cc1oc(-c2ccccc2)nc1CCOc1cccc(C[C@@H]2C[C@@H](C(=O)OC(C)(C)C)N(C(=O)OC(C)(C)C)C2=O)c1. The number of rotatable bonds is 8. The minimum Gasteiger partial charge on any atom is -0.493 e. The summed E-state index contributed by atoms with van der Waals surface area (Å²) in [5.41, 5.74) is 1.01. The van der Waals surface area contributed by atoms with E-state index in [9.17, 15) is 14.4 Å². The smallest absolute Gasteiger partial charge is 0.417 e. The monoisotopic (exact) mass is 576 g/mol. The van der Waals surface area contributed by atoms with Crippen LogP contribution < -0.4 is 4.74 Å². The van der Waals surface area contributed by atoms with E-state index in [0.29, 0.717) is 31.1 Å². The van der Waals surface area contributed by atoms with Gasteiger partial charge >= 0.3 is 12.1 Å². The van der Waals surface area contributed by atoms with Gasteiger partial charge in [0.25, 0.3) is 0 Å². The maximum absolute atomic E-state index is 13.4. The third kappa shape index (κ3) is 7.99. The Kier molecular flexibility index (Phi) is 9.09. The number of aryl methyl sites for hydroxylation is 1. The van der Waals surface area contributed by atoms with Crippen LogP contribution in [0, 0.1) is 12.8 Å². The third-order valence-electron chi connectivity index (χ3n) is 6.58. The van der Waals surface area contributed by atoms with E-state index in [0.717, 1.165) is 27.5 Å². The Hall–Kier alpha value is -4.14. The minimum atomic E-state index is -1.05. The lowest BCUT2D eigenvalue weighted by atomic mass is 9.96. The van der Waals surface area contributed by atoms with Crippen LogP contribution in [0.4, 0.5) is 4.79 Å². The van der Waals surface area contributed by atoms with Gasteiger partial charge in [-0.15, -0.1) is 0 Å². The molecular weight excluding hydrogens is 536 g/mol. The second-order valence-corrected chi connectivity index (χ2v) is 12.5. The first-order valence-corrected chi connectivity index (χ1v) is 14.2. The summed E-state index contributed by atoms with van der Waals surface area (Å²) in [6.07, 6.45) is 0.196. The van der Waals surface area contributed by atoms with Crippen molar-refractivity contribution in [3.05, 3.63) is 71.6 Å². The van der Waals surface area contributed by atoms with Crippen molar-refractivity contribution in [2.75, 3.05) is 6.61 Å². The molecule has 0 N–H and O–H groups in total. The molecule has 1 saturated heterocycles. The van der Waals surface area contributed by atoms with Crippen LogP contribution >= 0.6 is 0 Å². The van der Waals surface area contributed by atoms with Gasteiger partial charge < -0.3 is 18.6 Å². The molecule has 2 amide bonds. The van der Waals surface area contributed by atoms with Crippen molar-refractivity contribution in [1.29, 1.82) is 0 Å². The molecule has 2 heterocycles. The van der Waals surface area contributed by atoms with Gasteiger partial charge in [-0.3, -0.25) is 4.79 Å². The number of hydrogen-bond donors (Lipinski definition) is 0. The Morgan fingerprint density at radius 2 is 1.67 bits per heavy atom. The maximum atomic E-state index is 13.4. The largest absolute Gasteiger partial charge is 0.493 e. The molecule has 2 aromatic carbocycles. The van der Waals surface area contributed by atoms with Gasteiger partial charge in [-0.2, -0.15) is 0 Å². The molecule has 1 fully saturated rings. The Morgan fingerprint density at radius 1 is 0.976 bits per heavy atom. The molecule has 3 aromatic rings. The normalized spacial score (nSPS) is 17.3. The molecule has 0 aliphatic carbocycles. The minimum absolute atomic E-state index is 0.146. The van der Waals surface area contributed by atoms with E-state index in [1.165, 1.54) is 0 Å². The van der Waals surface area contributed by atoms with Crippen LogP contribution in [0.15, 0.2) is 59.0 Å². The zero-order chi connectivity index (χ0) is 30.7. The molecule has 42 heavy (non-hydrogen) atoms. The van der Waals surface area contributed by atoms with Gasteiger partial charge in [-0.25, -0.2) is 19.5 Å². The number of aromatic nitrogens is 1. The predicted molar refractivity (Wildman–Crippen MR) is 157 cm³/mol. The van der Waals surface area contributed by atoms with Gasteiger partial charge in [0.05, 0.1) is 12.3 Å². The molecule has 4 rings (SSSR count). The Balaban J connectivity index is 1.41. The number of likely N-dealkylation sites (tertiary alicyclic amines) is 1. The molecular formula is C33H40N2O7. The van der Waals surface area contributed by atoms with Crippen LogP contribution in [0.1, 0.15) is 65.0 Å². The summed E-state index contributed by atoms with van der Waals surface area (Å²) in [5, 5.41) is 0. The number of hydrogen-bond acceptors (Lipinski definition) is 8. The van der Waals surface area contributed by atoms with Crippen molar-refractivity contribution in [3.63, 3.8) is 0 Å². The highest BCUT2D eigenvalue weighted by Crippen LogP contribution is 2.32. The van der Waals surface area contributed by atoms with E-state index in [4.69, 9.17) is 18.6 Å². The number of nitrogens with zero attached hydrogens (tertiary/aromatic N) is 2. The van der Waals surface area contributed by atoms with E-state index in [1.54, 1.807) is 41.5 Å². The molecule has 1 aliphatic heterocycles. The molecule has 9 nitrogen and oxygen atoms in total. The average Bonchev–Trinajstić information content (AvgIpc) is 3.42. The number of carbonyl (C=O) groups excluding carboxylic acids is 3. The van der Waals surface area contributed by atoms with Crippen LogP contribution in [0.25, 0.3) is 11.5 Å². The molecule has 0 bridgehead atoms. The lowest BCUT2D eigenvalue weighted by molar-refractivity contribution is -0.161. The second kappa shape index (κ2) is 12.4. The van der Waals surface area contributed by atoms with Gasteiger partial charge in [-0.05, 0) is 91.1 Å². The predicted octanol–water partition coefficient (Wildman–Crippen LogP) is 6.31. The molecule has 1 aliphatic rings. The standard InChI is InChI=1S/C33H40N2O7/c1-21-26(34-28(40-21)23-13-9-8-10-14-23)16-17-39-25-15-11-12-22(19-25)18-24-20-27(30(37)41-32(2,3)4)35(29(24)36)31(38)42-33(5,6)7/h8-15,19,24,27H,16-18,20H2,1-7H3/t24-,27+/m1/s1. The fourth-order valence-electron chi connectivity index (χ4n) is 4.77. The average molecular weight is 577 g/mol. The number of imide groups is 1. The van der Waals surface area contributed by atoms with Crippen molar-refractivity contribution < 1.29 is 33.0 Å². The van der Waals surface area contributed by atoms with E-state index in [-0.39, 0.29) is 6.42 Å². The number of ether oxygens (including phenoxy) is 3. The van der Waals surface area contributed by atoms with Crippen molar-refractivity contribution in [2.24, 2.45) is 5.92 Å². The molecule has 224 valence electrons. The van der Waals surface area contributed by atoms with Gasteiger partial charge in [0.2, 0.25) is 11.8 Å². The maximum Gasteiger partial charge on any atom is 0.417 e. The second-order valence-electron chi connectivity index (χ2n) is 12.5. The quantitative estimate of drug-likeness (QED) is 0.287. The first-order valence-electron chi connectivity index (χ1n) is 14.2. The summed E-state index contributed by atoms with van der Waals surface area (Å²) in [7, 11) is 0. The summed E-state index contributed by atoms with van der Waals surface area (Å²) in [4.78, 5) is 45.0. The highest BCUT2D eigenvalue weighted by Gasteiger charge is 2.49. The number of carbonyl (C=O) groups is 3. The Labute approximate surface area is 247 Å². The highest BCUT2D eigenvalue weighted by molar-refractivity contribution is 6.01. The van der Waals surface area contributed by atoms with Gasteiger partial charge in [0, 0.05) is 17.9 Å². The molecule has 2 atom stereocenters. The zero-order valence-corrected chi connectivity index (χ0v) is 25.4. The topological polar surface area (TPSA) is 108 Å². The van der Waals surface area contributed by atoms with E-state index in [1.807, 2.05) is 61.5 Å².